The van der Waals surface area contributed by atoms with Crippen molar-refractivity contribution < 1.29 is 9.90 Å². The Labute approximate surface area is 181 Å². The molecule has 0 saturated carbocycles. The van der Waals surface area contributed by atoms with Crippen LogP contribution >= 0.6 is 46.8 Å². The summed E-state index contributed by atoms with van der Waals surface area (Å²) < 4.78 is 0. The van der Waals surface area contributed by atoms with Gasteiger partial charge in [0.1, 0.15) is 11.8 Å². The number of thiocarbonyl (C=S) groups is 1. The first-order valence-electron chi connectivity index (χ1n) is 8.35. The maximum Gasteiger partial charge on any atom is 0.260 e. The van der Waals surface area contributed by atoms with Crippen LogP contribution in [0, 0.1) is 0 Å². The molecule has 142 valence electrons. The summed E-state index contributed by atoms with van der Waals surface area (Å²) in [5.41, 5.74) is 2.39. The van der Waals surface area contributed by atoms with Gasteiger partial charge in [-0.3, -0.25) is 9.69 Å². The molecular formula is C20H14Cl2N2O2S2. The molecule has 1 aliphatic heterocycles. The monoisotopic (exact) mass is 448 g/mol. The summed E-state index contributed by atoms with van der Waals surface area (Å²) in [6, 6.07) is 13.0. The number of anilines is 1. The van der Waals surface area contributed by atoms with E-state index in [4.69, 9.17) is 35.4 Å². The van der Waals surface area contributed by atoms with Crippen LogP contribution in [0.1, 0.15) is 17.2 Å². The molecule has 0 bridgehead atoms. The molecule has 2 heterocycles. The fourth-order valence-corrected chi connectivity index (χ4v) is 4.49. The molecule has 1 atom stereocenters. The van der Waals surface area contributed by atoms with E-state index in [1.54, 1.807) is 53.8 Å². The van der Waals surface area contributed by atoms with Gasteiger partial charge in [-0.1, -0.05) is 35.3 Å². The number of rotatable bonds is 4. The average molecular weight is 449 g/mol. The van der Waals surface area contributed by atoms with Gasteiger partial charge >= 0.3 is 0 Å². The normalized spacial score (nSPS) is 16.9. The Balaban J connectivity index is 1.77. The Kier molecular flexibility index (Phi) is 5.29. The van der Waals surface area contributed by atoms with Crippen molar-refractivity contribution in [2.24, 2.45) is 0 Å². The molecule has 1 fully saturated rings. The second kappa shape index (κ2) is 7.72. The lowest BCUT2D eigenvalue weighted by Gasteiger charge is -2.24. The zero-order valence-corrected chi connectivity index (χ0v) is 17.5. The topological polar surface area (TPSA) is 43.8 Å². The number of hydrogen-bond donors (Lipinski definition) is 1. The number of carbonyl (C=O) groups excluding carboxylic acids is 1. The third-order valence-corrected chi connectivity index (χ3v) is 6.39. The van der Waals surface area contributed by atoms with Gasteiger partial charge in [0.25, 0.3) is 5.91 Å². The first-order valence-corrected chi connectivity index (χ1v) is 10.5. The van der Waals surface area contributed by atoms with Crippen LogP contribution in [0.4, 0.5) is 5.69 Å². The Morgan fingerprint density at radius 1 is 1.07 bits per heavy atom. The first kappa shape index (κ1) is 19.2. The molecule has 1 N–H and O–H groups in total. The van der Waals surface area contributed by atoms with Crippen LogP contribution in [0.15, 0.2) is 59.3 Å². The van der Waals surface area contributed by atoms with E-state index >= 15 is 0 Å². The Bertz CT molecular complexity index is 1040. The minimum atomic E-state index is -0.595. The molecule has 4 nitrogen and oxygen atoms in total. The number of aromatic hydroxyl groups is 1. The van der Waals surface area contributed by atoms with E-state index in [1.165, 1.54) is 4.90 Å². The van der Waals surface area contributed by atoms with Gasteiger partial charge in [-0.05, 0) is 70.5 Å². The van der Waals surface area contributed by atoms with Crippen molar-refractivity contribution in [3.8, 4) is 5.75 Å². The lowest BCUT2D eigenvalue weighted by atomic mass is 10.0. The zero-order chi connectivity index (χ0) is 19.8. The van der Waals surface area contributed by atoms with Gasteiger partial charge < -0.3 is 10.0 Å². The fourth-order valence-electron chi connectivity index (χ4n) is 3.17. The van der Waals surface area contributed by atoms with Crippen LogP contribution in [-0.2, 0) is 11.3 Å². The molecule has 8 heteroatoms. The highest BCUT2D eigenvalue weighted by molar-refractivity contribution is 7.80. The molecule has 1 saturated heterocycles. The van der Waals surface area contributed by atoms with Gasteiger partial charge in [0, 0.05) is 6.54 Å². The number of hydrogen-bond acceptors (Lipinski definition) is 4. The molecule has 4 rings (SSSR count). The van der Waals surface area contributed by atoms with Crippen LogP contribution < -0.4 is 4.90 Å². The number of halogens is 2. The van der Waals surface area contributed by atoms with E-state index in [1.807, 2.05) is 21.7 Å². The SMILES string of the molecule is O=C1C(c2ccc(O)cc2)N(Cc2ccsc2)C(=S)N1c1ccc(Cl)c(Cl)c1. The van der Waals surface area contributed by atoms with E-state index in [9.17, 15) is 9.90 Å². The Morgan fingerprint density at radius 2 is 1.82 bits per heavy atom. The van der Waals surface area contributed by atoms with Crippen LogP contribution in [0.3, 0.4) is 0 Å². The van der Waals surface area contributed by atoms with E-state index in [2.05, 4.69) is 0 Å². The third kappa shape index (κ3) is 3.49. The maximum absolute atomic E-state index is 13.4. The van der Waals surface area contributed by atoms with E-state index in [0.29, 0.717) is 27.4 Å². The van der Waals surface area contributed by atoms with Gasteiger partial charge in [-0.15, -0.1) is 0 Å². The van der Waals surface area contributed by atoms with Crippen molar-refractivity contribution >= 4 is 63.5 Å². The second-order valence-electron chi connectivity index (χ2n) is 6.31. The average Bonchev–Trinajstić information content (AvgIpc) is 3.26. The maximum atomic E-state index is 13.4. The summed E-state index contributed by atoms with van der Waals surface area (Å²) >= 11 is 19.5. The summed E-state index contributed by atoms with van der Waals surface area (Å²) in [5.74, 6) is -0.0354. The van der Waals surface area contributed by atoms with E-state index in [0.717, 1.165) is 11.1 Å². The van der Waals surface area contributed by atoms with Crippen molar-refractivity contribution in [1.82, 2.24) is 4.90 Å². The molecule has 1 amide bonds. The standard InChI is InChI=1S/C20H14Cl2N2O2S2/c21-16-6-3-14(9-17(16)22)24-19(26)18(13-1-4-15(25)5-2-13)23(20(24)27)10-12-7-8-28-11-12/h1-9,11,18,25H,10H2. The smallest absolute Gasteiger partial charge is 0.260 e. The van der Waals surface area contributed by atoms with Crippen molar-refractivity contribution in [3.05, 3.63) is 80.5 Å². The minimum absolute atomic E-state index is 0.141. The van der Waals surface area contributed by atoms with Crippen LogP contribution in [-0.4, -0.2) is 21.0 Å². The van der Waals surface area contributed by atoms with Crippen molar-refractivity contribution in [1.29, 1.82) is 0 Å². The van der Waals surface area contributed by atoms with Gasteiger partial charge in [0.2, 0.25) is 0 Å². The summed E-state index contributed by atoms with van der Waals surface area (Å²) in [4.78, 5) is 16.8. The number of carbonyl (C=O) groups is 1. The predicted molar refractivity (Wildman–Crippen MR) is 117 cm³/mol. The summed E-state index contributed by atoms with van der Waals surface area (Å²) in [5, 5.41) is 14.8. The number of phenols is 1. The van der Waals surface area contributed by atoms with Crippen LogP contribution in [0.2, 0.25) is 10.0 Å². The molecule has 0 spiro atoms. The molecule has 28 heavy (non-hydrogen) atoms. The highest BCUT2D eigenvalue weighted by Gasteiger charge is 2.44. The predicted octanol–water partition coefficient (Wildman–Crippen LogP) is 5.64. The van der Waals surface area contributed by atoms with Gasteiger partial charge in [0.15, 0.2) is 5.11 Å². The Hall–Kier alpha value is -2.12. The quantitative estimate of drug-likeness (QED) is 0.524. The van der Waals surface area contributed by atoms with Gasteiger partial charge in [-0.25, -0.2) is 0 Å². The van der Waals surface area contributed by atoms with Crippen molar-refractivity contribution in [2.75, 3.05) is 4.90 Å². The van der Waals surface area contributed by atoms with E-state index in [-0.39, 0.29) is 11.7 Å². The van der Waals surface area contributed by atoms with Crippen LogP contribution in [0.25, 0.3) is 0 Å². The molecular weight excluding hydrogens is 435 g/mol. The number of benzene rings is 2. The molecule has 0 aliphatic carbocycles. The number of phenolic OH excluding ortho intramolecular Hbond substituents is 1. The summed E-state index contributed by atoms with van der Waals surface area (Å²) in [7, 11) is 0. The molecule has 1 aromatic heterocycles. The molecule has 1 unspecified atom stereocenters. The molecule has 0 radical (unpaired) electrons. The zero-order valence-electron chi connectivity index (χ0n) is 14.4. The van der Waals surface area contributed by atoms with Crippen LogP contribution in [0.5, 0.6) is 5.75 Å². The number of thiophene rings is 1. The molecule has 2 aromatic carbocycles. The first-order chi connectivity index (χ1) is 13.5. The molecule has 1 aliphatic rings. The summed E-state index contributed by atoms with van der Waals surface area (Å²) in [6.07, 6.45) is 0. The van der Waals surface area contributed by atoms with Crippen molar-refractivity contribution in [2.45, 2.75) is 12.6 Å². The second-order valence-corrected chi connectivity index (χ2v) is 8.27. The van der Waals surface area contributed by atoms with Crippen molar-refractivity contribution in [3.63, 3.8) is 0 Å². The highest BCUT2D eigenvalue weighted by atomic mass is 35.5. The fraction of sp³-hybridized carbons (Fsp3) is 0.100. The van der Waals surface area contributed by atoms with Gasteiger partial charge in [0.05, 0.1) is 15.7 Å². The summed E-state index contributed by atoms with van der Waals surface area (Å²) in [6.45, 7) is 0.497. The van der Waals surface area contributed by atoms with Gasteiger partial charge in [-0.2, -0.15) is 11.3 Å². The highest BCUT2D eigenvalue weighted by Crippen LogP contribution is 2.38. The molecule has 3 aromatic rings. The largest absolute Gasteiger partial charge is 0.508 e. The minimum Gasteiger partial charge on any atom is -0.508 e. The number of nitrogens with zero attached hydrogens (tertiary/aromatic N) is 2. The Morgan fingerprint density at radius 3 is 2.46 bits per heavy atom. The lowest BCUT2D eigenvalue weighted by molar-refractivity contribution is -0.120. The van der Waals surface area contributed by atoms with E-state index < -0.39 is 6.04 Å². The lowest BCUT2D eigenvalue weighted by Crippen LogP contribution is -2.32. The number of amides is 1. The third-order valence-electron chi connectivity index (χ3n) is 4.51.